The van der Waals surface area contributed by atoms with Crippen molar-refractivity contribution in [3.05, 3.63) is 35.4 Å². The summed E-state index contributed by atoms with van der Waals surface area (Å²) in [5, 5.41) is 3.44. The second-order valence-corrected chi connectivity index (χ2v) is 6.48. The predicted octanol–water partition coefficient (Wildman–Crippen LogP) is 3.27. The predicted molar refractivity (Wildman–Crippen MR) is 74.6 cm³/mol. The molecule has 1 saturated heterocycles. The molecule has 1 heterocycles. The number of rotatable bonds is 2. The average molecular weight is 245 g/mol. The van der Waals surface area contributed by atoms with Gasteiger partial charge in [0.15, 0.2) is 0 Å². The van der Waals surface area contributed by atoms with Crippen molar-refractivity contribution < 1.29 is 4.79 Å². The Hall–Kier alpha value is -1.15. The third-order valence-electron chi connectivity index (χ3n) is 3.31. The highest BCUT2D eigenvalue weighted by molar-refractivity contribution is 5.80. The molecule has 1 aromatic carbocycles. The van der Waals surface area contributed by atoms with Gasteiger partial charge in [0.2, 0.25) is 0 Å². The highest BCUT2D eigenvalue weighted by Crippen LogP contribution is 2.25. The number of benzene rings is 1. The number of carbonyl (C=O) groups excluding carboxylic acids is 1. The number of carbonyl (C=O) groups is 1. The van der Waals surface area contributed by atoms with Crippen LogP contribution in [-0.2, 0) is 11.2 Å². The Balaban J connectivity index is 2.14. The summed E-state index contributed by atoms with van der Waals surface area (Å²) in [5.74, 6) is 0.375. The fourth-order valence-corrected chi connectivity index (χ4v) is 2.56. The van der Waals surface area contributed by atoms with E-state index in [0.717, 1.165) is 13.0 Å². The van der Waals surface area contributed by atoms with Gasteiger partial charge in [-0.25, -0.2) is 0 Å². The second kappa shape index (κ2) is 5.23. The van der Waals surface area contributed by atoms with E-state index >= 15 is 0 Å². The van der Waals surface area contributed by atoms with Gasteiger partial charge in [-0.3, -0.25) is 4.79 Å². The Morgan fingerprint density at radius 3 is 2.78 bits per heavy atom. The monoisotopic (exact) mass is 245 g/mol. The van der Waals surface area contributed by atoms with Gasteiger partial charge in [0.25, 0.3) is 0 Å². The maximum Gasteiger partial charge on any atom is 0.136 e. The van der Waals surface area contributed by atoms with E-state index in [4.69, 9.17) is 0 Å². The molecule has 1 fully saturated rings. The molecule has 1 N–H and O–H groups in total. The van der Waals surface area contributed by atoms with E-state index in [1.165, 1.54) is 11.1 Å². The summed E-state index contributed by atoms with van der Waals surface area (Å²) in [6.45, 7) is 7.57. The SMILES string of the molecule is CC(C)(C)Cc1cccc(C2CC(=O)CCN2)c1. The number of ketones is 1. The Bertz CT molecular complexity index is 431. The van der Waals surface area contributed by atoms with Gasteiger partial charge in [-0.15, -0.1) is 0 Å². The zero-order valence-corrected chi connectivity index (χ0v) is 11.6. The first-order valence-corrected chi connectivity index (χ1v) is 6.78. The standard InChI is InChI=1S/C16H23NO/c1-16(2,3)11-12-5-4-6-13(9-12)15-10-14(18)7-8-17-15/h4-6,9,15,17H,7-8,10-11H2,1-3H3. The first-order valence-electron chi connectivity index (χ1n) is 6.78. The largest absolute Gasteiger partial charge is 0.309 e. The minimum Gasteiger partial charge on any atom is -0.309 e. The Labute approximate surface area is 110 Å². The molecule has 0 amide bonds. The third kappa shape index (κ3) is 3.67. The van der Waals surface area contributed by atoms with Crippen molar-refractivity contribution in [3.63, 3.8) is 0 Å². The minimum atomic E-state index is 0.214. The normalized spacial score (nSPS) is 21.1. The van der Waals surface area contributed by atoms with Gasteiger partial charge in [0.1, 0.15) is 5.78 Å². The topological polar surface area (TPSA) is 29.1 Å². The van der Waals surface area contributed by atoms with Crippen LogP contribution in [0.3, 0.4) is 0 Å². The molecule has 0 bridgehead atoms. The Kier molecular flexibility index (Phi) is 3.86. The molecule has 0 saturated carbocycles. The van der Waals surface area contributed by atoms with Crippen LogP contribution in [0.1, 0.15) is 50.8 Å². The average Bonchev–Trinajstić information content (AvgIpc) is 2.27. The highest BCUT2D eigenvalue weighted by atomic mass is 16.1. The van der Waals surface area contributed by atoms with Crippen LogP contribution in [0.4, 0.5) is 0 Å². The molecule has 2 rings (SSSR count). The van der Waals surface area contributed by atoms with E-state index in [-0.39, 0.29) is 6.04 Å². The molecule has 0 radical (unpaired) electrons. The fraction of sp³-hybridized carbons (Fsp3) is 0.562. The molecule has 1 aliphatic rings. The number of piperidine rings is 1. The van der Waals surface area contributed by atoms with E-state index in [0.29, 0.717) is 24.0 Å². The maximum atomic E-state index is 11.5. The number of Topliss-reactive ketones (excluding diaryl/α,β-unsaturated/α-hetero) is 1. The maximum absolute atomic E-state index is 11.5. The van der Waals surface area contributed by atoms with Gasteiger partial charge in [0, 0.05) is 25.4 Å². The van der Waals surface area contributed by atoms with Crippen molar-refractivity contribution in [2.45, 2.75) is 46.1 Å². The zero-order valence-electron chi connectivity index (χ0n) is 11.6. The van der Waals surface area contributed by atoms with E-state index in [2.05, 4.69) is 50.4 Å². The summed E-state index contributed by atoms with van der Waals surface area (Å²) in [6, 6.07) is 8.88. The summed E-state index contributed by atoms with van der Waals surface area (Å²) >= 11 is 0. The van der Waals surface area contributed by atoms with E-state index in [1.54, 1.807) is 0 Å². The lowest BCUT2D eigenvalue weighted by Crippen LogP contribution is -2.31. The molecule has 18 heavy (non-hydrogen) atoms. The van der Waals surface area contributed by atoms with E-state index in [9.17, 15) is 4.79 Å². The first-order chi connectivity index (χ1) is 8.44. The van der Waals surface area contributed by atoms with Crippen LogP contribution in [0.5, 0.6) is 0 Å². The molecule has 0 aromatic heterocycles. The lowest BCUT2D eigenvalue weighted by atomic mass is 9.86. The summed E-state index contributed by atoms with van der Waals surface area (Å²) < 4.78 is 0. The molecule has 0 aliphatic carbocycles. The molecule has 1 unspecified atom stereocenters. The number of hydrogen-bond donors (Lipinski definition) is 1. The van der Waals surface area contributed by atoms with Gasteiger partial charge in [-0.2, -0.15) is 0 Å². The minimum absolute atomic E-state index is 0.214. The van der Waals surface area contributed by atoms with Gasteiger partial charge in [-0.05, 0) is 23.0 Å². The lowest BCUT2D eigenvalue weighted by Gasteiger charge is -2.24. The van der Waals surface area contributed by atoms with Gasteiger partial charge in [0.05, 0.1) is 0 Å². The molecule has 0 spiro atoms. The van der Waals surface area contributed by atoms with Crippen molar-refractivity contribution in [3.8, 4) is 0 Å². The van der Waals surface area contributed by atoms with Crippen LogP contribution < -0.4 is 5.32 Å². The van der Waals surface area contributed by atoms with Crippen LogP contribution in [0, 0.1) is 5.41 Å². The smallest absolute Gasteiger partial charge is 0.136 e. The molecule has 2 nitrogen and oxygen atoms in total. The molecular formula is C16H23NO. The van der Waals surface area contributed by atoms with Crippen molar-refractivity contribution in [2.75, 3.05) is 6.54 Å². The Morgan fingerprint density at radius 1 is 1.33 bits per heavy atom. The molecule has 2 heteroatoms. The Morgan fingerprint density at radius 2 is 2.11 bits per heavy atom. The molecule has 1 atom stereocenters. The molecular weight excluding hydrogens is 222 g/mol. The summed E-state index contributed by atoms with van der Waals surface area (Å²) in [6.07, 6.45) is 2.39. The lowest BCUT2D eigenvalue weighted by molar-refractivity contribution is -0.120. The zero-order chi connectivity index (χ0) is 13.2. The number of nitrogens with one attached hydrogen (secondary N) is 1. The van der Waals surface area contributed by atoms with Gasteiger partial charge < -0.3 is 5.32 Å². The van der Waals surface area contributed by atoms with E-state index < -0.39 is 0 Å². The van der Waals surface area contributed by atoms with Crippen molar-refractivity contribution in [2.24, 2.45) is 5.41 Å². The number of hydrogen-bond acceptors (Lipinski definition) is 2. The van der Waals surface area contributed by atoms with Crippen LogP contribution >= 0.6 is 0 Å². The molecule has 98 valence electrons. The molecule has 1 aliphatic heterocycles. The third-order valence-corrected chi connectivity index (χ3v) is 3.31. The van der Waals surface area contributed by atoms with Crippen LogP contribution in [0.25, 0.3) is 0 Å². The first kappa shape index (κ1) is 13.3. The van der Waals surface area contributed by atoms with Crippen LogP contribution in [0.2, 0.25) is 0 Å². The summed E-state index contributed by atoms with van der Waals surface area (Å²) in [4.78, 5) is 11.5. The fourth-order valence-electron chi connectivity index (χ4n) is 2.56. The summed E-state index contributed by atoms with van der Waals surface area (Å²) in [7, 11) is 0. The summed E-state index contributed by atoms with van der Waals surface area (Å²) in [5.41, 5.74) is 2.92. The molecule has 1 aromatic rings. The van der Waals surface area contributed by atoms with E-state index in [1.807, 2.05) is 0 Å². The van der Waals surface area contributed by atoms with Crippen LogP contribution in [0.15, 0.2) is 24.3 Å². The van der Waals surface area contributed by atoms with Crippen molar-refractivity contribution in [1.82, 2.24) is 5.32 Å². The quantitative estimate of drug-likeness (QED) is 0.866. The van der Waals surface area contributed by atoms with Gasteiger partial charge >= 0.3 is 0 Å². The van der Waals surface area contributed by atoms with Crippen molar-refractivity contribution in [1.29, 1.82) is 0 Å². The van der Waals surface area contributed by atoms with Gasteiger partial charge in [-0.1, -0.05) is 45.0 Å². The highest BCUT2D eigenvalue weighted by Gasteiger charge is 2.20. The second-order valence-electron chi connectivity index (χ2n) is 6.48. The van der Waals surface area contributed by atoms with Crippen LogP contribution in [-0.4, -0.2) is 12.3 Å². The van der Waals surface area contributed by atoms with Crippen molar-refractivity contribution >= 4 is 5.78 Å².